The predicted molar refractivity (Wildman–Crippen MR) is 148 cm³/mol. The summed E-state index contributed by atoms with van der Waals surface area (Å²) in [7, 11) is -1.93. The molecule has 3 rings (SSSR count). The number of rotatable bonds is 13. The molecule has 0 amide bonds. The van der Waals surface area contributed by atoms with Crippen LogP contribution >= 0.6 is 0 Å². The van der Waals surface area contributed by atoms with Gasteiger partial charge in [-0.25, -0.2) is 8.42 Å². The quantitative estimate of drug-likeness (QED) is 0.219. The van der Waals surface area contributed by atoms with Gasteiger partial charge in [-0.1, -0.05) is 57.0 Å². The number of ether oxygens (including phenoxy) is 1. The second-order valence-corrected chi connectivity index (χ2v) is 12.6. The molecule has 0 fully saturated rings. The first-order valence-electron chi connectivity index (χ1n) is 12.8. The van der Waals surface area contributed by atoms with Gasteiger partial charge in [0.15, 0.2) is 15.6 Å². The van der Waals surface area contributed by atoms with Gasteiger partial charge in [0.1, 0.15) is 5.75 Å². The standard InChI is InChI=1S/C27H41N2O5S2/c1-4-6-14-27(5-2)20-36(32,33)25-18-22(13-10-15-28-16-17-35(30)31)24(34-3)19-23(25)26(29-27)21-11-8-7-9-12-21/h7-9,11-12,18-19,26,28-31H,4-6,10,13-17,20H2,1-3H3/q+1/t26-,27-/m1/s1. The molecular weight excluding hydrogens is 496 g/mol. The number of aryl methyl sites for hydroxylation is 1. The fraction of sp³-hybridized carbons (Fsp3) is 0.556. The van der Waals surface area contributed by atoms with E-state index in [2.05, 4.69) is 36.6 Å². The molecule has 0 unspecified atom stereocenters. The van der Waals surface area contributed by atoms with E-state index in [1.165, 1.54) is 0 Å². The van der Waals surface area contributed by atoms with Crippen molar-refractivity contribution in [3.8, 4) is 5.75 Å². The first-order valence-corrected chi connectivity index (χ1v) is 15.8. The molecule has 2 aromatic carbocycles. The molecule has 4 N–H and O–H groups in total. The molecule has 0 bridgehead atoms. The van der Waals surface area contributed by atoms with Gasteiger partial charge in [0, 0.05) is 12.1 Å². The fourth-order valence-electron chi connectivity index (χ4n) is 5.01. The smallest absolute Gasteiger partial charge is 0.310 e. The first kappa shape index (κ1) is 28.9. The lowest BCUT2D eigenvalue weighted by Gasteiger charge is -2.36. The van der Waals surface area contributed by atoms with Crippen LogP contribution in [0.2, 0.25) is 0 Å². The van der Waals surface area contributed by atoms with Crippen molar-refractivity contribution in [2.45, 2.75) is 68.8 Å². The van der Waals surface area contributed by atoms with Crippen LogP contribution in [0.1, 0.15) is 68.7 Å². The monoisotopic (exact) mass is 537 g/mol. The Hall–Kier alpha value is -1.62. The van der Waals surface area contributed by atoms with Crippen LogP contribution in [0.3, 0.4) is 0 Å². The highest BCUT2D eigenvalue weighted by atomic mass is 32.2. The summed E-state index contributed by atoms with van der Waals surface area (Å²) in [6.07, 6.45) is 4.92. The Morgan fingerprint density at radius 3 is 2.53 bits per heavy atom. The Morgan fingerprint density at radius 2 is 1.89 bits per heavy atom. The Morgan fingerprint density at radius 1 is 1.14 bits per heavy atom. The van der Waals surface area contributed by atoms with Crippen LogP contribution in [-0.4, -0.2) is 54.8 Å². The summed E-state index contributed by atoms with van der Waals surface area (Å²) in [5, 5.41) is 7.00. The van der Waals surface area contributed by atoms with Crippen molar-refractivity contribution in [2.75, 3.05) is 31.7 Å². The van der Waals surface area contributed by atoms with Crippen molar-refractivity contribution in [1.29, 1.82) is 0 Å². The van der Waals surface area contributed by atoms with Crippen molar-refractivity contribution >= 4 is 21.3 Å². The maximum Gasteiger partial charge on any atom is 0.310 e. The Balaban J connectivity index is 2.00. The fourth-order valence-corrected chi connectivity index (χ4v) is 7.51. The second kappa shape index (κ2) is 13.3. The lowest BCUT2D eigenvalue weighted by atomic mass is 9.87. The molecule has 9 heteroatoms. The van der Waals surface area contributed by atoms with Crippen molar-refractivity contribution in [2.24, 2.45) is 0 Å². The van der Waals surface area contributed by atoms with E-state index in [9.17, 15) is 8.42 Å². The van der Waals surface area contributed by atoms with Crippen LogP contribution in [0.25, 0.3) is 0 Å². The third kappa shape index (κ3) is 7.24. The molecule has 0 spiro atoms. The molecule has 0 aromatic heterocycles. The van der Waals surface area contributed by atoms with Crippen LogP contribution in [0.15, 0.2) is 47.4 Å². The molecule has 2 aromatic rings. The zero-order valence-corrected chi connectivity index (χ0v) is 23.3. The van der Waals surface area contributed by atoms with Gasteiger partial charge < -0.3 is 10.1 Å². The van der Waals surface area contributed by atoms with Crippen molar-refractivity contribution in [3.05, 3.63) is 59.2 Å². The topological polar surface area (TPSA) is 108 Å². The molecule has 1 heterocycles. The molecule has 7 nitrogen and oxygen atoms in total. The maximum absolute atomic E-state index is 13.9. The van der Waals surface area contributed by atoms with E-state index < -0.39 is 26.8 Å². The summed E-state index contributed by atoms with van der Waals surface area (Å²) < 4.78 is 51.6. The molecule has 2 atom stereocenters. The highest BCUT2D eigenvalue weighted by Crippen LogP contribution is 2.41. The summed E-state index contributed by atoms with van der Waals surface area (Å²) in [6, 6.07) is 13.5. The van der Waals surface area contributed by atoms with Gasteiger partial charge in [-0.15, -0.1) is 0 Å². The third-order valence-electron chi connectivity index (χ3n) is 7.06. The average Bonchev–Trinajstić information content (AvgIpc) is 2.96. The van der Waals surface area contributed by atoms with Gasteiger partial charge in [-0.3, -0.25) is 5.32 Å². The number of unbranched alkanes of at least 4 members (excludes halogenated alkanes) is 1. The van der Waals surface area contributed by atoms with E-state index >= 15 is 0 Å². The highest BCUT2D eigenvalue weighted by Gasteiger charge is 2.42. The molecule has 200 valence electrons. The van der Waals surface area contributed by atoms with Crippen LogP contribution in [0, 0.1) is 0 Å². The number of nitrogens with one attached hydrogen (secondary N) is 2. The number of benzene rings is 2. The number of sulfone groups is 1. The van der Waals surface area contributed by atoms with Crippen molar-refractivity contribution < 1.29 is 22.3 Å². The average molecular weight is 538 g/mol. The van der Waals surface area contributed by atoms with Gasteiger partial charge in [-0.2, -0.15) is 9.11 Å². The Labute approximate surface area is 219 Å². The summed E-state index contributed by atoms with van der Waals surface area (Å²) in [5.41, 5.74) is 2.14. The largest absolute Gasteiger partial charge is 0.496 e. The normalized spacial score (nSPS) is 21.2. The summed E-state index contributed by atoms with van der Waals surface area (Å²) in [6.45, 7) is 5.42. The van der Waals surface area contributed by atoms with Gasteiger partial charge in [0.05, 0.1) is 23.8 Å². The second-order valence-electron chi connectivity index (χ2n) is 9.58. The van der Waals surface area contributed by atoms with Crippen LogP contribution < -0.4 is 15.4 Å². The predicted octanol–water partition coefficient (Wildman–Crippen LogP) is 4.59. The van der Waals surface area contributed by atoms with E-state index in [1.54, 1.807) is 7.11 Å². The summed E-state index contributed by atoms with van der Waals surface area (Å²) >= 11 is -1.56. The molecule has 1 aliphatic heterocycles. The zero-order valence-electron chi connectivity index (χ0n) is 21.6. The molecule has 0 saturated heterocycles. The zero-order chi connectivity index (χ0) is 26.2. The lowest BCUT2D eigenvalue weighted by Crippen LogP contribution is -2.50. The summed E-state index contributed by atoms with van der Waals surface area (Å²) in [4.78, 5) is 0.393. The third-order valence-corrected chi connectivity index (χ3v) is 9.58. The van der Waals surface area contributed by atoms with E-state index in [1.807, 2.05) is 30.3 Å². The minimum absolute atomic E-state index is 0.0738. The SMILES string of the molecule is CCCC[C@]1(CC)CS(=O)(=O)c2cc(CCCNCC[S+](O)O)c(OC)cc2[C@@H](c2ccccc2)N1. The lowest BCUT2D eigenvalue weighted by molar-refractivity contribution is 0.294. The highest BCUT2D eigenvalue weighted by molar-refractivity contribution is 7.91. The Kier molecular flexibility index (Phi) is 10.7. The van der Waals surface area contributed by atoms with Crippen molar-refractivity contribution in [1.82, 2.24) is 10.6 Å². The first-order chi connectivity index (χ1) is 17.2. The van der Waals surface area contributed by atoms with Crippen molar-refractivity contribution in [3.63, 3.8) is 0 Å². The molecule has 1 aliphatic rings. The van der Waals surface area contributed by atoms with Gasteiger partial charge in [0.2, 0.25) is 0 Å². The number of methoxy groups -OCH3 is 1. The van der Waals surface area contributed by atoms with E-state index in [0.29, 0.717) is 35.9 Å². The van der Waals surface area contributed by atoms with Gasteiger partial charge in [-0.05, 0) is 61.1 Å². The minimum atomic E-state index is -3.55. The van der Waals surface area contributed by atoms with E-state index in [0.717, 1.165) is 48.8 Å². The molecule has 0 radical (unpaired) electrons. The molecule has 0 aliphatic carbocycles. The van der Waals surface area contributed by atoms with Gasteiger partial charge >= 0.3 is 11.5 Å². The Bertz CT molecular complexity index is 1080. The molecule has 36 heavy (non-hydrogen) atoms. The number of fused-ring (bicyclic) bond motifs is 1. The van der Waals surface area contributed by atoms with Gasteiger partial charge in [0.25, 0.3) is 0 Å². The minimum Gasteiger partial charge on any atom is -0.496 e. The summed E-state index contributed by atoms with van der Waals surface area (Å²) in [5.74, 6) is 1.06. The van der Waals surface area contributed by atoms with Crippen LogP contribution in [0.5, 0.6) is 5.75 Å². The van der Waals surface area contributed by atoms with E-state index in [4.69, 9.17) is 13.8 Å². The van der Waals surface area contributed by atoms with E-state index in [-0.39, 0.29) is 11.8 Å². The molecule has 0 saturated carbocycles. The molecular formula is C27H41N2O5S2+. The maximum atomic E-state index is 13.9. The van der Waals surface area contributed by atoms with Crippen LogP contribution in [-0.2, 0) is 27.7 Å². The number of hydrogen-bond acceptors (Lipinski definition) is 7. The number of hydrogen-bond donors (Lipinski definition) is 4. The van der Waals surface area contributed by atoms with Crippen LogP contribution in [0.4, 0.5) is 0 Å².